The van der Waals surface area contributed by atoms with Crippen LogP contribution in [0.3, 0.4) is 0 Å². The monoisotopic (exact) mass is 274 g/mol. The SMILES string of the molecule is C1CCC2C(C1)CCCC2C1CCC2CCCC1CC2. The van der Waals surface area contributed by atoms with Crippen molar-refractivity contribution >= 4 is 0 Å². The predicted molar refractivity (Wildman–Crippen MR) is 85.6 cm³/mol. The highest BCUT2D eigenvalue weighted by Crippen LogP contribution is 2.52. The standard InChI is InChI=1S/C20H34/c1-2-9-18-16(6-1)8-4-10-20(18)19-14-12-15-5-3-7-17(19)13-11-15/h15-20H,1-14H2. The van der Waals surface area contributed by atoms with Crippen molar-refractivity contribution in [2.45, 2.75) is 89.9 Å². The summed E-state index contributed by atoms with van der Waals surface area (Å²) in [6.45, 7) is 0. The molecule has 0 heteroatoms. The van der Waals surface area contributed by atoms with Crippen molar-refractivity contribution in [1.82, 2.24) is 0 Å². The van der Waals surface area contributed by atoms with Crippen molar-refractivity contribution in [3.8, 4) is 0 Å². The first-order valence-corrected chi connectivity index (χ1v) is 9.92. The summed E-state index contributed by atoms with van der Waals surface area (Å²) in [5.74, 6) is 6.84. The fraction of sp³-hybridized carbons (Fsp3) is 1.00. The van der Waals surface area contributed by atoms with E-state index in [4.69, 9.17) is 0 Å². The van der Waals surface area contributed by atoms with Gasteiger partial charge in [-0.3, -0.25) is 0 Å². The zero-order valence-corrected chi connectivity index (χ0v) is 13.4. The largest absolute Gasteiger partial charge is 0.0530 e. The van der Waals surface area contributed by atoms with Crippen LogP contribution < -0.4 is 0 Å². The van der Waals surface area contributed by atoms with Crippen LogP contribution in [0.5, 0.6) is 0 Å². The van der Waals surface area contributed by atoms with Crippen LogP contribution in [0, 0.1) is 35.5 Å². The summed E-state index contributed by atoms with van der Waals surface area (Å²) in [6.07, 6.45) is 22.2. The molecule has 0 aromatic rings. The van der Waals surface area contributed by atoms with E-state index < -0.39 is 0 Å². The number of hydrogen-bond acceptors (Lipinski definition) is 0. The third kappa shape index (κ3) is 2.57. The lowest BCUT2D eigenvalue weighted by Gasteiger charge is -2.47. The van der Waals surface area contributed by atoms with Gasteiger partial charge in [-0.05, 0) is 61.2 Å². The van der Waals surface area contributed by atoms with E-state index in [0.717, 1.165) is 35.5 Å². The van der Waals surface area contributed by atoms with Crippen LogP contribution in [0.2, 0.25) is 0 Å². The van der Waals surface area contributed by atoms with E-state index in [9.17, 15) is 0 Å². The van der Waals surface area contributed by atoms with Gasteiger partial charge in [-0.2, -0.15) is 0 Å². The molecular weight excluding hydrogens is 240 g/mol. The Morgan fingerprint density at radius 1 is 0.350 bits per heavy atom. The molecule has 20 heavy (non-hydrogen) atoms. The van der Waals surface area contributed by atoms with Gasteiger partial charge in [0.25, 0.3) is 0 Å². The molecule has 0 radical (unpaired) electrons. The summed E-state index contributed by atoms with van der Waals surface area (Å²) in [6, 6.07) is 0. The van der Waals surface area contributed by atoms with E-state index in [2.05, 4.69) is 0 Å². The van der Waals surface area contributed by atoms with Crippen molar-refractivity contribution in [3.05, 3.63) is 0 Å². The van der Waals surface area contributed by atoms with Gasteiger partial charge < -0.3 is 0 Å². The lowest BCUT2D eigenvalue weighted by Crippen LogP contribution is -2.37. The van der Waals surface area contributed by atoms with Gasteiger partial charge in [0.1, 0.15) is 0 Å². The van der Waals surface area contributed by atoms with E-state index in [-0.39, 0.29) is 0 Å². The summed E-state index contributed by atoms with van der Waals surface area (Å²) in [5, 5.41) is 0. The molecule has 114 valence electrons. The van der Waals surface area contributed by atoms with E-state index >= 15 is 0 Å². The Morgan fingerprint density at radius 2 is 0.950 bits per heavy atom. The molecule has 0 spiro atoms. The lowest BCUT2D eigenvalue weighted by atomic mass is 9.59. The number of hydrogen-bond donors (Lipinski definition) is 0. The van der Waals surface area contributed by atoms with E-state index in [1.165, 1.54) is 0 Å². The molecule has 4 fully saturated rings. The van der Waals surface area contributed by atoms with Crippen LogP contribution in [-0.2, 0) is 0 Å². The van der Waals surface area contributed by atoms with Crippen molar-refractivity contribution in [1.29, 1.82) is 0 Å². The Kier molecular flexibility index (Phi) is 4.10. The molecule has 4 rings (SSSR count). The quantitative estimate of drug-likeness (QED) is 0.534. The van der Waals surface area contributed by atoms with Crippen molar-refractivity contribution in [2.24, 2.45) is 35.5 Å². The van der Waals surface area contributed by atoms with Crippen LogP contribution >= 0.6 is 0 Å². The van der Waals surface area contributed by atoms with E-state index in [1.54, 1.807) is 89.9 Å². The molecule has 4 saturated carbocycles. The van der Waals surface area contributed by atoms with E-state index in [1.807, 2.05) is 0 Å². The van der Waals surface area contributed by atoms with Gasteiger partial charge in [0.05, 0.1) is 0 Å². The molecule has 0 N–H and O–H groups in total. The molecule has 0 saturated heterocycles. The van der Waals surface area contributed by atoms with Crippen LogP contribution in [-0.4, -0.2) is 0 Å². The van der Waals surface area contributed by atoms with Gasteiger partial charge in [-0.25, -0.2) is 0 Å². The van der Waals surface area contributed by atoms with Crippen LogP contribution in [0.4, 0.5) is 0 Å². The second-order valence-electron chi connectivity index (χ2n) is 8.68. The zero-order chi connectivity index (χ0) is 13.4. The fourth-order valence-electron chi connectivity index (χ4n) is 6.87. The average molecular weight is 274 g/mol. The highest BCUT2D eigenvalue weighted by Gasteiger charge is 2.42. The molecule has 0 aliphatic heterocycles. The molecule has 6 atom stereocenters. The maximum Gasteiger partial charge on any atom is -0.0352 e. The van der Waals surface area contributed by atoms with Crippen LogP contribution in [0.25, 0.3) is 0 Å². The Bertz CT molecular complexity index is 318. The molecule has 6 unspecified atom stereocenters. The second-order valence-corrected chi connectivity index (χ2v) is 8.68. The highest BCUT2D eigenvalue weighted by molar-refractivity contribution is 4.92. The Labute approximate surface area is 126 Å². The predicted octanol–water partition coefficient (Wildman–Crippen LogP) is 6.20. The third-order valence-electron chi connectivity index (χ3n) is 7.83. The third-order valence-corrected chi connectivity index (χ3v) is 7.83. The Balaban J connectivity index is 1.52. The Morgan fingerprint density at radius 3 is 1.90 bits per heavy atom. The average Bonchev–Trinajstić information content (AvgIpc) is 2.82. The maximum atomic E-state index is 1.61. The summed E-state index contributed by atoms with van der Waals surface area (Å²) in [4.78, 5) is 0. The molecule has 0 nitrogen and oxygen atoms in total. The molecule has 0 aromatic heterocycles. The second kappa shape index (κ2) is 6.01. The van der Waals surface area contributed by atoms with Gasteiger partial charge in [0.15, 0.2) is 0 Å². The van der Waals surface area contributed by atoms with Crippen LogP contribution in [0.1, 0.15) is 89.9 Å². The van der Waals surface area contributed by atoms with Crippen molar-refractivity contribution < 1.29 is 0 Å². The first kappa shape index (κ1) is 13.6. The first-order valence-electron chi connectivity index (χ1n) is 9.92. The van der Waals surface area contributed by atoms with Crippen LogP contribution in [0.15, 0.2) is 0 Å². The summed E-state index contributed by atoms with van der Waals surface area (Å²) in [7, 11) is 0. The zero-order valence-electron chi connectivity index (χ0n) is 13.4. The first-order chi connectivity index (χ1) is 9.92. The minimum atomic E-state index is 1.12. The number of rotatable bonds is 1. The Hall–Kier alpha value is 0. The topological polar surface area (TPSA) is 0 Å². The van der Waals surface area contributed by atoms with Gasteiger partial charge in [-0.1, -0.05) is 64.2 Å². The normalized spacial score (nSPS) is 49.2. The summed E-state index contributed by atoms with van der Waals surface area (Å²) in [5.41, 5.74) is 0. The molecule has 0 heterocycles. The summed E-state index contributed by atoms with van der Waals surface area (Å²) < 4.78 is 0. The molecule has 4 aliphatic rings. The molecule has 2 bridgehead atoms. The smallest absolute Gasteiger partial charge is 0.0352 e. The van der Waals surface area contributed by atoms with Crippen molar-refractivity contribution in [2.75, 3.05) is 0 Å². The van der Waals surface area contributed by atoms with Gasteiger partial charge in [0.2, 0.25) is 0 Å². The van der Waals surface area contributed by atoms with Crippen molar-refractivity contribution in [3.63, 3.8) is 0 Å². The fourth-order valence-corrected chi connectivity index (χ4v) is 6.87. The number of fused-ring (bicyclic) bond motifs is 4. The molecule has 4 aliphatic carbocycles. The maximum absolute atomic E-state index is 1.61. The minimum absolute atomic E-state index is 1.12. The minimum Gasteiger partial charge on any atom is -0.0530 e. The van der Waals surface area contributed by atoms with E-state index in [0.29, 0.717) is 0 Å². The van der Waals surface area contributed by atoms with Gasteiger partial charge >= 0.3 is 0 Å². The van der Waals surface area contributed by atoms with Gasteiger partial charge in [0, 0.05) is 0 Å². The molecular formula is C20H34. The van der Waals surface area contributed by atoms with Gasteiger partial charge in [-0.15, -0.1) is 0 Å². The highest BCUT2D eigenvalue weighted by atomic mass is 14.5. The lowest BCUT2D eigenvalue weighted by molar-refractivity contribution is 0.0337. The molecule has 0 amide bonds. The molecule has 0 aromatic carbocycles. The summed E-state index contributed by atoms with van der Waals surface area (Å²) >= 11 is 0.